The second-order valence-corrected chi connectivity index (χ2v) is 4.66. The minimum Gasteiger partial charge on any atom is -0.298 e. The maximum Gasteiger partial charge on any atom is 0.0907 e. The van der Waals surface area contributed by atoms with Crippen LogP contribution in [-0.4, -0.2) is 16.3 Å². The minimum atomic E-state index is 0.227. The van der Waals surface area contributed by atoms with Crippen LogP contribution in [0.4, 0.5) is 0 Å². The maximum atomic E-state index is 4.38. The lowest BCUT2D eigenvalue weighted by Gasteiger charge is -2.22. The fraction of sp³-hybridized carbons (Fsp3) is 0.700. The molecule has 2 heterocycles. The zero-order valence-electron chi connectivity index (χ0n) is 8.59. The van der Waals surface area contributed by atoms with Gasteiger partial charge < -0.3 is 0 Å². The fourth-order valence-electron chi connectivity index (χ4n) is 1.83. The highest BCUT2D eigenvalue weighted by Gasteiger charge is 2.23. The van der Waals surface area contributed by atoms with E-state index in [2.05, 4.69) is 35.9 Å². The topological polar surface area (TPSA) is 29.9 Å². The van der Waals surface area contributed by atoms with Crippen LogP contribution >= 0.6 is 0 Å². The Morgan fingerprint density at radius 3 is 2.92 bits per heavy atom. The van der Waals surface area contributed by atoms with E-state index in [9.17, 15) is 0 Å². The summed E-state index contributed by atoms with van der Waals surface area (Å²) in [5.41, 5.74) is 3.03. The Hall–Kier alpha value is -0.830. The van der Waals surface area contributed by atoms with Crippen LogP contribution < -0.4 is 5.32 Å². The van der Waals surface area contributed by atoms with Crippen LogP contribution in [0.1, 0.15) is 32.0 Å². The van der Waals surface area contributed by atoms with Crippen molar-refractivity contribution in [2.45, 2.75) is 39.3 Å². The van der Waals surface area contributed by atoms with Gasteiger partial charge in [0.05, 0.1) is 12.9 Å². The van der Waals surface area contributed by atoms with E-state index in [1.54, 1.807) is 0 Å². The number of fused-ring (bicyclic) bond motifs is 1. The van der Waals surface area contributed by atoms with Crippen molar-refractivity contribution >= 4 is 0 Å². The SMILES string of the molecule is CC(C)(C)c1cnn2c1CCNC2. The average Bonchev–Trinajstić information content (AvgIpc) is 2.45. The normalized spacial score (nSPS) is 17.2. The van der Waals surface area contributed by atoms with E-state index in [4.69, 9.17) is 0 Å². The van der Waals surface area contributed by atoms with E-state index in [1.165, 1.54) is 11.3 Å². The average molecular weight is 179 g/mol. The molecular weight excluding hydrogens is 162 g/mol. The first-order valence-electron chi connectivity index (χ1n) is 4.85. The van der Waals surface area contributed by atoms with Crippen molar-refractivity contribution < 1.29 is 0 Å². The lowest BCUT2D eigenvalue weighted by Crippen LogP contribution is -2.30. The van der Waals surface area contributed by atoms with E-state index in [1.807, 2.05) is 6.20 Å². The summed E-state index contributed by atoms with van der Waals surface area (Å²) in [6, 6.07) is 0. The van der Waals surface area contributed by atoms with Crippen LogP contribution in [0.3, 0.4) is 0 Å². The second-order valence-electron chi connectivity index (χ2n) is 4.66. The van der Waals surface area contributed by atoms with Gasteiger partial charge in [-0.15, -0.1) is 0 Å². The smallest absolute Gasteiger partial charge is 0.0907 e. The molecule has 3 nitrogen and oxygen atoms in total. The molecular formula is C10H17N3. The fourth-order valence-corrected chi connectivity index (χ4v) is 1.83. The van der Waals surface area contributed by atoms with Gasteiger partial charge >= 0.3 is 0 Å². The predicted molar refractivity (Wildman–Crippen MR) is 52.6 cm³/mol. The monoisotopic (exact) mass is 179 g/mol. The molecule has 1 aromatic heterocycles. The minimum absolute atomic E-state index is 0.227. The largest absolute Gasteiger partial charge is 0.298 e. The van der Waals surface area contributed by atoms with E-state index < -0.39 is 0 Å². The summed E-state index contributed by atoms with van der Waals surface area (Å²) < 4.78 is 2.07. The van der Waals surface area contributed by atoms with Gasteiger partial charge in [0.25, 0.3) is 0 Å². The van der Waals surface area contributed by atoms with Gasteiger partial charge in [0.1, 0.15) is 0 Å². The van der Waals surface area contributed by atoms with Gasteiger partial charge in [-0.2, -0.15) is 5.10 Å². The molecule has 1 aliphatic rings. The predicted octanol–water partition coefficient (Wildman–Crippen LogP) is 1.28. The Labute approximate surface area is 79.1 Å². The van der Waals surface area contributed by atoms with E-state index in [0.717, 1.165) is 19.6 Å². The Morgan fingerprint density at radius 2 is 2.23 bits per heavy atom. The van der Waals surface area contributed by atoms with Crippen LogP contribution in [0.25, 0.3) is 0 Å². The Balaban J connectivity index is 2.43. The molecule has 72 valence electrons. The zero-order chi connectivity index (χ0) is 9.47. The molecule has 0 unspecified atom stereocenters. The molecule has 0 amide bonds. The molecule has 0 aliphatic carbocycles. The zero-order valence-corrected chi connectivity index (χ0v) is 8.59. The van der Waals surface area contributed by atoms with Crippen molar-refractivity contribution in [2.24, 2.45) is 0 Å². The third-order valence-electron chi connectivity index (χ3n) is 2.56. The molecule has 13 heavy (non-hydrogen) atoms. The molecule has 0 bridgehead atoms. The van der Waals surface area contributed by atoms with Crippen LogP contribution in [0.2, 0.25) is 0 Å². The molecule has 1 aromatic rings. The van der Waals surface area contributed by atoms with Crippen molar-refractivity contribution in [3.63, 3.8) is 0 Å². The molecule has 0 spiro atoms. The van der Waals surface area contributed by atoms with Crippen LogP contribution in [0.5, 0.6) is 0 Å². The Kier molecular flexibility index (Phi) is 1.91. The highest BCUT2D eigenvalue weighted by Crippen LogP contribution is 2.26. The maximum absolute atomic E-state index is 4.38. The lowest BCUT2D eigenvalue weighted by molar-refractivity contribution is 0.446. The molecule has 1 aliphatic heterocycles. The van der Waals surface area contributed by atoms with Gasteiger partial charge in [0.15, 0.2) is 0 Å². The summed E-state index contributed by atoms with van der Waals surface area (Å²) in [4.78, 5) is 0. The quantitative estimate of drug-likeness (QED) is 0.650. The highest BCUT2D eigenvalue weighted by atomic mass is 15.3. The molecule has 2 rings (SSSR count). The van der Waals surface area contributed by atoms with Gasteiger partial charge in [-0.3, -0.25) is 10.00 Å². The van der Waals surface area contributed by atoms with E-state index in [-0.39, 0.29) is 5.41 Å². The summed E-state index contributed by atoms with van der Waals surface area (Å²) >= 11 is 0. The Bertz CT molecular complexity index is 306. The van der Waals surface area contributed by atoms with Crippen molar-refractivity contribution in [1.29, 1.82) is 0 Å². The summed E-state index contributed by atoms with van der Waals surface area (Å²) in [7, 11) is 0. The van der Waals surface area contributed by atoms with Crippen molar-refractivity contribution in [1.82, 2.24) is 15.1 Å². The van der Waals surface area contributed by atoms with Gasteiger partial charge in [0, 0.05) is 18.7 Å². The molecule has 1 N–H and O–H groups in total. The van der Waals surface area contributed by atoms with Gasteiger partial charge in [-0.05, 0) is 11.0 Å². The first-order valence-corrected chi connectivity index (χ1v) is 4.85. The highest BCUT2D eigenvalue weighted by molar-refractivity contribution is 5.26. The summed E-state index contributed by atoms with van der Waals surface area (Å²) in [6.07, 6.45) is 3.12. The number of nitrogens with zero attached hydrogens (tertiary/aromatic N) is 2. The third kappa shape index (κ3) is 1.48. The van der Waals surface area contributed by atoms with Gasteiger partial charge in [-0.25, -0.2) is 0 Å². The number of hydrogen-bond donors (Lipinski definition) is 1. The van der Waals surface area contributed by atoms with Crippen LogP contribution in [0.15, 0.2) is 6.20 Å². The van der Waals surface area contributed by atoms with Crippen LogP contribution in [0, 0.1) is 0 Å². The summed E-state index contributed by atoms with van der Waals surface area (Å²) in [5.74, 6) is 0. The number of nitrogens with one attached hydrogen (secondary N) is 1. The van der Waals surface area contributed by atoms with E-state index >= 15 is 0 Å². The molecule has 0 fully saturated rings. The van der Waals surface area contributed by atoms with Gasteiger partial charge in [0.2, 0.25) is 0 Å². The Morgan fingerprint density at radius 1 is 1.46 bits per heavy atom. The third-order valence-corrected chi connectivity index (χ3v) is 2.56. The lowest BCUT2D eigenvalue weighted by atomic mass is 9.86. The van der Waals surface area contributed by atoms with E-state index in [0.29, 0.717) is 0 Å². The number of rotatable bonds is 0. The van der Waals surface area contributed by atoms with Crippen molar-refractivity contribution in [2.75, 3.05) is 6.54 Å². The number of hydrogen-bond acceptors (Lipinski definition) is 2. The molecule has 3 heteroatoms. The van der Waals surface area contributed by atoms with Crippen molar-refractivity contribution in [3.8, 4) is 0 Å². The van der Waals surface area contributed by atoms with Gasteiger partial charge in [-0.1, -0.05) is 20.8 Å². The first-order chi connectivity index (χ1) is 6.09. The standard InChI is InChI=1S/C10H17N3/c1-10(2,3)8-6-12-13-7-11-5-4-9(8)13/h6,11H,4-5,7H2,1-3H3. The molecule has 0 saturated heterocycles. The summed E-state index contributed by atoms with van der Waals surface area (Å²) in [5, 5.41) is 7.68. The molecule has 0 aromatic carbocycles. The number of aromatic nitrogens is 2. The second kappa shape index (κ2) is 2.84. The van der Waals surface area contributed by atoms with Crippen LogP contribution in [-0.2, 0) is 18.5 Å². The summed E-state index contributed by atoms with van der Waals surface area (Å²) in [6.45, 7) is 8.67. The molecule has 0 radical (unpaired) electrons. The molecule has 0 atom stereocenters. The molecule has 0 saturated carbocycles. The van der Waals surface area contributed by atoms with Crippen molar-refractivity contribution in [3.05, 3.63) is 17.5 Å². The first kappa shape index (κ1) is 8.75.